The Morgan fingerprint density at radius 3 is 2.55 bits per heavy atom. The summed E-state index contributed by atoms with van der Waals surface area (Å²) in [6.45, 7) is 3.41. The van der Waals surface area contributed by atoms with Crippen molar-refractivity contribution in [1.29, 1.82) is 0 Å². The number of aliphatic imine (C=N–C) groups is 1. The predicted molar refractivity (Wildman–Crippen MR) is 92.5 cm³/mol. The smallest absolute Gasteiger partial charge is 0.124 e. The SMILES string of the molecule is Oc1ccc(Br)cc1C=Nc1ccc(N2CCOCC2)cc1. The van der Waals surface area contributed by atoms with E-state index in [1.807, 2.05) is 18.2 Å². The van der Waals surface area contributed by atoms with Crippen molar-refractivity contribution < 1.29 is 9.84 Å². The minimum atomic E-state index is 0.219. The highest BCUT2D eigenvalue weighted by Gasteiger charge is 2.10. The number of nitrogens with zero attached hydrogens (tertiary/aromatic N) is 2. The summed E-state index contributed by atoms with van der Waals surface area (Å²) < 4.78 is 6.27. The third-order valence-corrected chi connectivity index (χ3v) is 4.06. The molecule has 0 amide bonds. The first-order valence-electron chi connectivity index (χ1n) is 7.18. The maximum atomic E-state index is 9.80. The van der Waals surface area contributed by atoms with Crippen LogP contribution in [0.15, 0.2) is 51.9 Å². The summed E-state index contributed by atoms with van der Waals surface area (Å²) in [4.78, 5) is 6.72. The zero-order valence-corrected chi connectivity index (χ0v) is 13.7. The van der Waals surface area contributed by atoms with E-state index in [1.54, 1.807) is 18.3 Å². The van der Waals surface area contributed by atoms with Gasteiger partial charge in [-0.05, 0) is 42.5 Å². The summed E-state index contributed by atoms with van der Waals surface area (Å²) in [6, 6.07) is 13.4. The average molecular weight is 361 g/mol. The van der Waals surface area contributed by atoms with Crippen molar-refractivity contribution in [1.82, 2.24) is 0 Å². The minimum Gasteiger partial charge on any atom is -0.507 e. The Labute approximate surface area is 138 Å². The number of benzene rings is 2. The molecular weight excluding hydrogens is 344 g/mol. The molecule has 2 aromatic rings. The zero-order valence-electron chi connectivity index (χ0n) is 12.1. The first-order chi connectivity index (χ1) is 10.7. The van der Waals surface area contributed by atoms with Crippen molar-refractivity contribution in [3.05, 3.63) is 52.5 Å². The van der Waals surface area contributed by atoms with Gasteiger partial charge in [0.25, 0.3) is 0 Å². The van der Waals surface area contributed by atoms with E-state index in [1.165, 1.54) is 5.69 Å². The summed E-state index contributed by atoms with van der Waals surface area (Å²) in [7, 11) is 0. The van der Waals surface area contributed by atoms with Crippen LogP contribution in [0.2, 0.25) is 0 Å². The van der Waals surface area contributed by atoms with Gasteiger partial charge >= 0.3 is 0 Å². The van der Waals surface area contributed by atoms with Crippen LogP contribution in [0.1, 0.15) is 5.56 Å². The second-order valence-electron chi connectivity index (χ2n) is 5.08. The summed E-state index contributed by atoms with van der Waals surface area (Å²) in [5, 5.41) is 9.80. The third kappa shape index (κ3) is 3.67. The number of anilines is 1. The lowest BCUT2D eigenvalue weighted by molar-refractivity contribution is 0.122. The number of phenolic OH excluding ortho intramolecular Hbond substituents is 1. The molecule has 5 heteroatoms. The standard InChI is InChI=1S/C17H17BrN2O2/c18-14-1-6-17(21)13(11-14)12-19-15-2-4-16(5-3-15)20-7-9-22-10-8-20/h1-6,11-12,21H,7-10H2. The zero-order chi connectivity index (χ0) is 15.4. The molecule has 0 saturated carbocycles. The summed E-state index contributed by atoms with van der Waals surface area (Å²) in [6.07, 6.45) is 1.67. The van der Waals surface area contributed by atoms with Crippen LogP contribution in [0.4, 0.5) is 11.4 Å². The molecule has 0 unspecified atom stereocenters. The van der Waals surface area contributed by atoms with E-state index in [4.69, 9.17) is 4.74 Å². The van der Waals surface area contributed by atoms with Crippen molar-refractivity contribution in [3.8, 4) is 5.75 Å². The molecule has 1 heterocycles. The van der Waals surface area contributed by atoms with Crippen molar-refractivity contribution in [3.63, 3.8) is 0 Å². The van der Waals surface area contributed by atoms with Crippen LogP contribution >= 0.6 is 15.9 Å². The molecule has 3 rings (SSSR count). The van der Waals surface area contributed by atoms with Crippen LogP contribution < -0.4 is 4.90 Å². The molecule has 4 nitrogen and oxygen atoms in total. The fourth-order valence-corrected chi connectivity index (χ4v) is 2.72. The molecule has 0 bridgehead atoms. The molecule has 1 fully saturated rings. The molecule has 0 atom stereocenters. The predicted octanol–water partition coefficient (Wildman–Crippen LogP) is 3.74. The highest BCUT2D eigenvalue weighted by molar-refractivity contribution is 9.10. The van der Waals surface area contributed by atoms with Crippen LogP contribution in [-0.4, -0.2) is 37.6 Å². The molecule has 1 aliphatic heterocycles. The van der Waals surface area contributed by atoms with Gasteiger partial charge in [-0.1, -0.05) is 15.9 Å². The number of rotatable bonds is 3. The number of hydrogen-bond acceptors (Lipinski definition) is 4. The van der Waals surface area contributed by atoms with E-state index in [2.05, 4.69) is 38.0 Å². The number of phenols is 1. The van der Waals surface area contributed by atoms with Gasteiger partial charge in [0.15, 0.2) is 0 Å². The molecule has 1 saturated heterocycles. The monoisotopic (exact) mass is 360 g/mol. The molecule has 22 heavy (non-hydrogen) atoms. The number of ether oxygens (including phenoxy) is 1. The van der Waals surface area contributed by atoms with E-state index in [0.29, 0.717) is 5.56 Å². The van der Waals surface area contributed by atoms with Gasteiger partial charge in [-0.2, -0.15) is 0 Å². The fourth-order valence-electron chi connectivity index (χ4n) is 2.34. The fraction of sp³-hybridized carbons (Fsp3) is 0.235. The van der Waals surface area contributed by atoms with Crippen LogP contribution in [0.5, 0.6) is 5.75 Å². The van der Waals surface area contributed by atoms with E-state index in [9.17, 15) is 5.11 Å². The maximum absolute atomic E-state index is 9.80. The van der Waals surface area contributed by atoms with E-state index < -0.39 is 0 Å². The van der Waals surface area contributed by atoms with Gasteiger partial charge in [-0.15, -0.1) is 0 Å². The Bertz CT molecular complexity index is 665. The quantitative estimate of drug-likeness (QED) is 0.848. The Morgan fingerprint density at radius 1 is 1.09 bits per heavy atom. The highest BCUT2D eigenvalue weighted by Crippen LogP contribution is 2.23. The molecule has 0 aromatic heterocycles. The van der Waals surface area contributed by atoms with Gasteiger partial charge < -0.3 is 14.7 Å². The first-order valence-corrected chi connectivity index (χ1v) is 7.97. The third-order valence-electron chi connectivity index (χ3n) is 3.57. The van der Waals surface area contributed by atoms with Gasteiger partial charge in [0.05, 0.1) is 18.9 Å². The van der Waals surface area contributed by atoms with Crippen LogP contribution in [0, 0.1) is 0 Å². The highest BCUT2D eigenvalue weighted by atomic mass is 79.9. The largest absolute Gasteiger partial charge is 0.507 e. The van der Waals surface area contributed by atoms with Gasteiger partial charge in [0.2, 0.25) is 0 Å². The Morgan fingerprint density at radius 2 is 1.82 bits per heavy atom. The number of morpholine rings is 1. The Kier molecular flexibility index (Phi) is 4.75. The van der Waals surface area contributed by atoms with Crippen LogP contribution in [0.3, 0.4) is 0 Å². The lowest BCUT2D eigenvalue weighted by Crippen LogP contribution is -2.36. The lowest BCUT2D eigenvalue weighted by Gasteiger charge is -2.28. The summed E-state index contributed by atoms with van der Waals surface area (Å²) >= 11 is 3.39. The second kappa shape index (κ2) is 6.94. The molecule has 2 aromatic carbocycles. The van der Waals surface area contributed by atoms with Crippen molar-refractivity contribution in [2.45, 2.75) is 0 Å². The molecule has 0 radical (unpaired) electrons. The van der Waals surface area contributed by atoms with Gasteiger partial charge in [0.1, 0.15) is 5.75 Å². The average Bonchev–Trinajstić information content (AvgIpc) is 2.57. The van der Waals surface area contributed by atoms with E-state index >= 15 is 0 Å². The minimum absolute atomic E-state index is 0.219. The summed E-state index contributed by atoms with van der Waals surface area (Å²) in [5.74, 6) is 0.219. The van der Waals surface area contributed by atoms with Gasteiger partial charge in [-0.25, -0.2) is 0 Å². The maximum Gasteiger partial charge on any atom is 0.124 e. The Hall–Kier alpha value is -1.85. The lowest BCUT2D eigenvalue weighted by atomic mass is 10.2. The van der Waals surface area contributed by atoms with Crippen LogP contribution in [-0.2, 0) is 4.74 Å². The second-order valence-corrected chi connectivity index (χ2v) is 5.99. The van der Waals surface area contributed by atoms with Crippen molar-refractivity contribution in [2.75, 3.05) is 31.2 Å². The van der Waals surface area contributed by atoms with E-state index in [-0.39, 0.29) is 5.75 Å². The first kappa shape index (κ1) is 15.1. The van der Waals surface area contributed by atoms with Gasteiger partial charge in [0, 0.05) is 35.0 Å². The number of aromatic hydroxyl groups is 1. The van der Waals surface area contributed by atoms with Crippen molar-refractivity contribution >= 4 is 33.5 Å². The molecular formula is C17H17BrN2O2. The molecule has 114 valence electrons. The molecule has 1 aliphatic rings. The molecule has 0 spiro atoms. The van der Waals surface area contributed by atoms with E-state index in [0.717, 1.165) is 36.5 Å². The summed E-state index contributed by atoms with van der Waals surface area (Å²) in [5.41, 5.74) is 2.73. The molecule has 1 N–H and O–H groups in total. The van der Waals surface area contributed by atoms with Crippen molar-refractivity contribution in [2.24, 2.45) is 4.99 Å². The number of halogens is 1. The van der Waals surface area contributed by atoms with Crippen LogP contribution in [0.25, 0.3) is 0 Å². The Balaban J connectivity index is 1.72. The van der Waals surface area contributed by atoms with Gasteiger partial charge in [-0.3, -0.25) is 4.99 Å². The normalized spacial score (nSPS) is 15.4. The topological polar surface area (TPSA) is 45.1 Å². The number of hydrogen-bond donors (Lipinski definition) is 1. The molecule has 0 aliphatic carbocycles.